The van der Waals surface area contributed by atoms with Crippen LogP contribution in [0.15, 0.2) is 59.5 Å². The number of carbonyl (C=O) groups excluding carboxylic acids is 3. The van der Waals surface area contributed by atoms with E-state index in [9.17, 15) is 22.8 Å². The molecule has 0 unspecified atom stereocenters. The number of piperidine rings is 1. The fraction of sp³-hybridized carbons (Fsp3) is 0.348. The fourth-order valence-electron chi connectivity index (χ4n) is 3.37. The zero-order chi connectivity index (χ0) is 23.0. The number of amides is 2. The summed E-state index contributed by atoms with van der Waals surface area (Å²) >= 11 is 0. The quantitative estimate of drug-likeness (QED) is 0.608. The topological polar surface area (TPSA) is 110 Å². The molecule has 0 aromatic heterocycles. The number of nitrogens with zero attached hydrogens (tertiary/aromatic N) is 1. The number of ether oxygens (including phenoxy) is 1. The number of sulfonamides is 1. The van der Waals surface area contributed by atoms with Crippen LogP contribution in [0.2, 0.25) is 0 Å². The highest BCUT2D eigenvalue weighted by Crippen LogP contribution is 2.21. The van der Waals surface area contributed by atoms with Crippen LogP contribution in [0.1, 0.15) is 41.6 Å². The van der Waals surface area contributed by atoms with E-state index in [2.05, 4.69) is 5.32 Å². The summed E-state index contributed by atoms with van der Waals surface area (Å²) in [6, 6.07) is 14.7. The van der Waals surface area contributed by atoms with Crippen molar-refractivity contribution in [3.8, 4) is 0 Å². The third-order valence-electron chi connectivity index (χ3n) is 5.15. The van der Waals surface area contributed by atoms with Gasteiger partial charge in [0.25, 0.3) is 11.8 Å². The molecule has 2 aromatic carbocycles. The largest absolute Gasteiger partial charge is 0.456 e. The Bertz CT molecular complexity index is 1050. The lowest BCUT2D eigenvalue weighted by Crippen LogP contribution is -2.35. The van der Waals surface area contributed by atoms with Crippen LogP contribution < -0.4 is 5.32 Å². The molecule has 0 radical (unpaired) electrons. The molecule has 0 atom stereocenters. The lowest BCUT2D eigenvalue weighted by atomic mass is 10.1. The van der Waals surface area contributed by atoms with Gasteiger partial charge in [-0.05, 0) is 49.1 Å². The molecule has 1 saturated heterocycles. The van der Waals surface area contributed by atoms with Crippen LogP contribution in [0, 0.1) is 0 Å². The number of imide groups is 1. The number of nitrogens with one attached hydrogen (secondary N) is 1. The number of aryl methyl sites for hydroxylation is 1. The van der Waals surface area contributed by atoms with Crippen molar-refractivity contribution >= 4 is 27.8 Å². The maximum atomic E-state index is 12.7. The predicted molar refractivity (Wildman–Crippen MR) is 117 cm³/mol. The molecular formula is C23H26N2O6S. The second-order valence-electron chi connectivity index (χ2n) is 7.51. The Hall–Kier alpha value is -3.04. The molecule has 8 nitrogen and oxygen atoms in total. The van der Waals surface area contributed by atoms with E-state index in [1.807, 2.05) is 0 Å². The maximum absolute atomic E-state index is 12.7. The van der Waals surface area contributed by atoms with E-state index in [0.717, 1.165) is 24.8 Å². The molecule has 1 aliphatic heterocycles. The van der Waals surface area contributed by atoms with Gasteiger partial charge < -0.3 is 4.74 Å². The highest BCUT2D eigenvalue weighted by molar-refractivity contribution is 7.89. The Morgan fingerprint density at radius 2 is 1.56 bits per heavy atom. The van der Waals surface area contributed by atoms with Gasteiger partial charge in [0.05, 0.1) is 4.90 Å². The number of rotatable bonds is 8. The first kappa shape index (κ1) is 23.6. The van der Waals surface area contributed by atoms with Crippen molar-refractivity contribution in [3.05, 3.63) is 65.7 Å². The monoisotopic (exact) mass is 458 g/mol. The van der Waals surface area contributed by atoms with Gasteiger partial charge in [-0.15, -0.1) is 0 Å². The van der Waals surface area contributed by atoms with Gasteiger partial charge in [0, 0.05) is 25.1 Å². The summed E-state index contributed by atoms with van der Waals surface area (Å²) in [5, 5.41) is 2.16. The zero-order valence-corrected chi connectivity index (χ0v) is 18.5. The van der Waals surface area contributed by atoms with Gasteiger partial charge in [0.2, 0.25) is 10.0 Å². The smallest absolute Gasteiger partial charge is 0.306 e. The van der Waals surface area contributed by atoms with Crippen molar-refractivity contribution in [2.24, 2.45) is 0 Å². The Kier molecular flexibility index (Phi) is 8.13. The van der Waals surface area contributed by atoms with Crippen LogP contribution in [-0.4, -0.2) is 50.2 Å². The van der Waals surface area contributed by atoms with Crippen molar-refractivity contribution < 1.29 is 27.5 Å². The van der Waals surface area contributed by atoms with Crippen LogP contribution in [0.4, 0.5) is 0 Å². The van der Waals surface area contributed by atoms with E-state index >= 15 is 0 Å². The second kappa shape index (κ2) is 11.0. The summed E-state index contributed by atoms with van der Waals surface area (Å²) < 4.78 is 31.8. The molecule has 1 heterocycles. The van der Waals surface area contributed by atoms with Crippen molar-refractivity contribution in [3.63, 3.8) is 0 Å². The minimum atomic E-state index is -3.49. The van der Waals surface area contributed by atoms with Crippen molar-refractivity contribution in [1.29, 1.82) is 0 Å². The third-order valence-corrected chi connectivity index (χ3v) is 7.06. The minimum absolute atomic E-state index is 0.0259. The standard InChI is InChI=1S/C23H26N2O6S/c26-21(24-23(28)19-7-3-1-4-8-19)17-31-22(27)14-11-18-9-12-20(13-10-18)32(29,30)25-15-5-2-6-16-25/h1,3-4,7-10,12-13H,2,5-6,11,14-17H2,(H,24,26,28). The number of hydrogen-bond donors (Lipinski definition) is 1. The molecule has 0 spiro atoms. The summed E-state index contributed by atoms with van der Waals surface area (Å²) in [5.74, 6) is -1.86. The maximum Gasteiger partial charge on any atom is 0.306 e. The molecule has 1 aliphatic rings. The van der Waals surface area contributed by atoms with Gasteiger partial charge in [-0.25, -0.2) is 8.42 Å². The van der Waals surface area contributed by atoms with Crippen molar-refractivity contribution in [2.75, 3.05) is 19.7 Å². The van der Waals surface area contributed by atoms with Crippen LogP contribution in [0.3, 0.4) is 0 Å². The lowest BCUT2D eigenvalue weighted by molar-refractivity contribution is -0.148. The number of benzene rings is 2. The summed E-state index contributed by atoms with van der Waals surface area (Å²) in [7, 11) is -3.49. The van der Waals surface area contributed by atoms with Crippen LogP contribution >= 0.6 is 0 Å². The molecule has 3 rings (SSSR count). The molecule has 1 N–H and O–H groups in total. The minimum Gasteiger partial charge on any atom is -0.456 e. The molecule has 1 fully saturated rings. The van der Waals surface area contributed by atoms with Crippen LogP contribution in [0.5, 0.6) is 0 Å². The van der Waals surface area contributed by atoms with Crippen molar-refractivity contribution in [1.82, 2.24) is 9.62 Å². The van der Waals surface area contributed by atoms with Gasteiger partial charge in [-0.1, -0.05) is 36.8 Å². The van der Waals surface area contributed by atoms with E-state index in [1.165, 1.54) is 4.31 Å². The Morgan fingerprint density at radius 1 is 0.906 bits per heavy atom. The van der Waals surface area contributed by atoms with Gasteiger partial charge in [-0.2, -0.15) is 4.31 Å². The first-order valence-corrected chi connectivity index (χ1v) is 11.9. The summed E-state index contributed by atoms with van der Waals surface area (Å²) in [6.07, 6.45) is 3.16. The number of hydrogen-bond acceptors (Lipinski definition) is 6. The number of carbonyl (C=O) groups is 3. The average molecular weight is 459 g/mol. The fourth-order valence-corrected chi connectivity index (χ4v) is 4.89. The molecule has 0 bridgehead atoms. The van der Waals surface area contributed by atoms with Crippen molar-refractivity contribution in [2.45, 2.75) is 37.0 Å². The van der Waals surface area contributed by atoms with E-state index in [1.54, 1.807) is 54.6 Å². The van der Waals surface area contributed by atoms with E-state index in [4.69, 9.17) is 4.74 Å². The highest BCUT2D eigenvalue weighted by Gasteiger charge is 2.25. The molecule has 32 heavy (non-hydrogen) atoms. The first-order chi connectivity index (χ1) is 15.4. The zero-order valence-electron chi connectivity index (χ0n) is 17.7. The Morgan fingerprint density at radius 3 is 2.22 bits per heavy atom. The molecule has 9 heteroatoms. The van der Waals surface area contributed by atoms with E-state index in [0.29, 0.717) is 25.1 Å². The van der Waals surface area contributed by atoms with E-state index < -0.39 is 34.4 Å². The highest BCUT2D eigenvalue weighted by atomic mass is 32.2. The van der Waals surface area contributed by atoms with Gasteiger partial charge in [0.1, 0.15) is 0 Å². The Labute approximate surface area is 187 Å². The molecule has 0 saturated carbocycles. The molecule has 0 aliphatic carbocycles. The second-order valence-corrected chi connectivity index (χ2v) is 9.45. The predicted octanol–water partition coefficient (Wildman–Crippen LogP) is 2.29. The summed E-state index contributed by atoms with van der Waals surface area (Å²) in [5.41, 5.74) is 1.11. The molecular weight excluding hydrogens is 432 g/mol. The summed E-state index contributed by atoms with van der Waals surface area (Å²) in [4.78, 5) is 35.8. The van der Waals surface area contributed by atoms with Crippen LogP contribution in [-0.2, 0) is 30.8 Å². The SMILES string of the molecule is O=C(COC(=O)CCc1ccc(S(=O)(=O)N2CCCCC2)cc1)NC(=O)c1ccccc1. The van der Waals surface area contributed by atoms with Gasteiger partial charge in [0.15, 0.2) is 6.61 Å². The summed E-state index contributed by atoms with van der Waals surface area (Å²) in [6.45, 7) is 0.533. The molecule has 170 valence electrons. The normalized spacial score (nSPS) is 14.5. The lowest BCUT2D eigenvalue weighted by Gasteiger charge is -2.25. The van der Waals surface area contributed by atoms with Gasteiger partial charge >= 0.3 is 5.97 Å². The Balaban J connectivity index is 1.42. The van der Waals surface area contributed by atoms with Crippen LogP contribution in [0.25, 0.3) is 0 Å². The first-order valence-electron chi connectivity index (χ1n) is 10.5. The molecule has 2 amide bonds. The average Bonchev–Trinajstić information content (AvgIpc) is 2.82. The number of esters is 1. The van der Waals surface area contributed by atoms with E-state index in [-0.39, 0.29) is 11.3 Å². The van der Waals surface area contributed by atoms with Gasteiger partial charge in [-0.3, -0.25) is 19.7 Å². The molecule has 2 aromatic rings. The third kappa shape index (κ3) is 6.48.